The van der Waals surface area contributed by atoms with Crippen molar-refractivity contribution in [2.24, 2.45) is 0 Å². The molecule has 0 radical (unpaired) electrons. The molecule has 0 spiro atoms. The number of benzene rings is 2. The minimum Gasteiger partial charge on any atom is -0.497 e. The lowest BCUT2D eigenvalue weighted by atomic mass is 10.1. The van der Waals surface area contributed by atoms with Crippen molar-refractivity contribution in [2.45, 2.75) is 20.4 Å². The molecule has 0 aliphatic rings. The Labute approximate surface area is 146 Å². The van der Waals surface area contributed by atoms with Gasteiger partial charge in [0.15, 0.2) is 5.76 Å². The maximum absolute atomic E-state index is 5.59. The minimum atomic E-state index is 0.752. The van der Waals surface area contributed by atoms with Crippen LogP contribution < -0.4 is 4.74 Å². The molecule has 0 amide bonds. The first-order valence-electron chi connectivity index (χ1n) is 8.40. The largest absolute Gasteiger partial charge is 0.497 e. The SMILES string of the molecule is CCn1cc(-c2cc(-c3ccc(OC)cc3)on2)c2ccc(C)cc21. The lowest BCUT2D eigenvalue weighted by molar-refractivity contribution is 0.414. The van der Waals surface area contributed by atoms with E-state index in [9.17, 15) is 0 Å². The van der Waals surface area contributed by atoms with Gasteiger partial charge in [-0.25, -0.2) is 0 Å². The van der Waals surface area contributed by atoms with Gasteiger partial charge in [-0.05, 0) is 49.7 Å². The quantitative estimate of drug-likeness (QED) is 0.509. The zero-order valence-electron chi connectivity index (χ0n) is 14.6. The van der Waals surface area contributed by atoms with Gasteiger partial charge in [0.25, 0.3) is 0 Å². The van der Waals surface area contributed by atoms with Crippen molar-refractivity contribution in [1.82, 2.24) is 9.72 Å². The van der Waals surface area contributed by atoms with Gasteiger partial charge in [-0.15, -0.1) is 0 Å². The summed E-state index contributed by atoms with van der Waals surface area (Å²) in [5, 5.41) is 5.50. The third-order valence-electron chi connectivity index (χ3n) is 4.54. The summed E-state index contributed by atoms with van der Waals surface area (Å²) in [6, 6.07) is 16.3. The predicted molar refractivity (Wildman–Crippen MR) is 99.8 cm³/mol. The Bertz CT molecular complexity index is 1030. The normalized spacial score (nSPS) is 11.2. The summed E-state index contributed by atoms with van der Waals surface area (Å²) < 4.78 is 13.0. The lowest BCUT2D eigenvalue weighted by Gasteiger charge is -2.00. The van der Waals surface area contributed by atoms with E-state index in [0.717, 1.165) is 34.9 Å². The van der Waals surface area contributed by atoms with Crippen LogP contribution in [0.5, 0.6) is 5.75 Å². The highest BCUT2D eigenvalue weighted by Crippen LogP contribution is 2.33. The third kappa shape index (κ3) is 2.70. The first-order valence-corrected chi connectivity index (χ1v) is 8.40. The van der Waals surface area contributed by atoms with Crippen LogP contribution in [0.2, 0.25) is 0 Å². The fourth-order valence-electron chi connectivity index (χ4n) is 3.16. The molecular weight excluding hydrogens is 312 g/mol. The molecule has 2 aromatic carbocycles. The molecule has 0 N–H and O–H groups in total. The molecule has 0 aliphatic heterocycles. The Morgan fingerprint density at radius 1 is 1.08 bits per heavy atom. The van der Waals surface area contributed by atoms with Crippen LogP contribution in [0.15, 0.2) is 59.3 Å². The van der Waals surface area contributed by atoms with E-state index >= 15 is 0 Å². The van der Waals surface area contributed by atoms with E-state index < -0.39 is 0 Å². The Morgan fingerprint density at radius 3 is 2.60 bits per heavy atom. The first-order chi connectivity index (χ1) is 12.2. The summed E-state index contributed by atoms with van der Waals surface area (Å²) >= 11 is 0. The molecule has 4 rings (SSSR count). The van der Waals surface area contributed by atoms with Gasteiger partial charge in [0.05, 0.1) is 7.11 Å². The van der Waals surface area contributed by atoms with E-state index in [1.807, 2.05) is 30.3 Å². The molecule has 0 atom stereocenters. The van der Waals surface area contributed by atoms with Crippen molar-refractivity contribution in [3.05, 3.63) is 60.3 Å². The molecule has 4 heteroatoms. The predicted octanol–water partition coefficient (Wildman–Crippen LogP) is 5.30. The number of aryl methyl sites for hydroxylation is 2. The van der Waals surface area contributed by atoms with E-state index in [4.69, 9.17) is 9.26 Å². The van der Waals surface area contributed by atoms with E-state index in [1.165, 1.54) is 16.5 Å². The zero-order chi connectivity index (χ0) is 17.4. The van der Waals surface area contributed by atoms with Gasteiger partial charge < -0.3 is 13.8 Å². The van der Waals surface area contributed by atoms with Crippen LogP contribution in [-0.2, 0) is 6.54 Å². The second-order valence-corrected chi connectivity index (χ2v) is 6.15. The van der Waals surface area contributed by atoms with E-state index in [0.29, 0.717) is 0 Å². The molecule has 0 bridgehead atoms. The molecule has 0 unspecified atom stereocenters. The van der Waals surface area contributed by atoms with Crippen molar-refractivity contribution in [3.63, 3.8) is 0 Å². The number of hydrogen-bond acceptors (Lipinski definition) is 3. The highest BCUT2D eigenvalue weighted by atomic mass is 16.5. The van der Waals surface area contributed by atoms with Crippen molar-refractivity contribution in [3.8, 4) is 28.3 Å². The highest BCUT2D eigenvalue weighted by molar-refractivity contribution is 5.95. The number of aromatic nitrogens is 2. The molecule has 4 aromatic rings. The summed E-state index contributed by atoms with van der Waals surface area (Å²) in [7, 11) is 1.66. The zero-order valence-corrected chi connectivity index (χ0v) is 14.6. The molecule has 126 valence electrons. The number of hydrogen-bond donors (Lipinski definition) is 0. The van der Waals surface area contributed by atoms with Crippen LogP contribution in [0.1, 0.15) is 12.5 Å². The number of rotatable bonds is 4. The first kappa shape index (κ1) is 15.5. The summed E-state index contributed by atoms with van der Waals surface area (Å²) in [6.07, 6.45) is 2.15. The topological polar surface area (TPSA) is 40.2 Å². The van der Waals surface area contributed by atoms with Gasteiger partial charge in [0, 0.05) is 40.8 Å². The Morgan fingerprint density at radius 2 is 1.88 bits per heavy atom. The summed E-state index contributed by atoms with van der Waals surface area (Å²) in [5.41, 5.74) is 5.42. The van der Waals surface area contributed by atoms with Crippen LogP contribution in [0.4, 0.5) is 0 Å². The van der Waals surface area contributed by atoms with E-state index in [-0.39, 0.29) is 0 Å². The number of ether oxygens (including phenoxy) is 1. The van der Waals surface area contributed by atoms with Crippen molar-refractivity contribution >= 4 is 10.9 Å². The third-order valence-corrected chi connectivity index (χ3v) is 4.54. The second-order valence-electron chi connectivity index (χ2n) is 6.15. The van der Waals surface area contributed by atoms with Crippen LogP contribution in [0.3, 0.4) is 0 Å². The molecular formula is C21H20N2O2. The average molecular weight is 332 g/mol. The number of fused-ring (bicyclic) bond motifs is 1. The monoisotopic (exact) mass is 332 g/mol. The van der Waals surface area contributed by atoms with Crippen LogP contribution in [-0.4, -0.2) is 16.8 Å². The molecule has 0 aliphatic carbocycles. The summed E-state index contributed by atoms with van der Waals surface area (Å²) in [5.74, 6) is 1.58. The number of nitrogens with zero attached hydrogens (tertiary/aromatic N) is 2. The molecule has 0 saturated carbocycles. The van der Waals surface area contributed by atoms with Crippen LogP contribution >= 0.6 is 0 Å². The Kier molecular flexibility index (Phi) is 3.80. The Hall–Kier alpha value is -3.01. The van der Waals surface area contributed by atoms with Gasteiger partial charge in [0.2, 0.25) is 0 Å². The average Bonchev–Trinajstić information content (AvgIpc) is 3.26. The summed E-state index contributed by atoms with van der Waals surface area (Å²) in [4.78, 5) is 0. The molecule has 0 saturated heterocycles. The van der Waals surface area contributed by atoms with E-state index in [2.05, 4.69) is 48.0 Å². The van der Waals surface area contributed by atoms with Gasteiger partial charge in [-0.2, -0.15) is 0 Å². The number of methoxy groups -OCH3 is 1. The highest BCUT2D eigenvalue weighted by Gasteiger charge is 2.15. The van der Waals surface area contributed by atoms with Gasteiger partial charge >= 0.3 is 0 Å². The van der Waals surface area contributed by atoms with Crippen LogP contribution in [0.25, 0.3) is 33.5 Å². The molecule has 2 aromatic heterocycles. The van der Waals surface area contributed by atoms with Crippen LogP contribution in [0, 0.1) is 6.92 Å². The second kappa shape index (κ2) is 6.13. The minimum absolute atomic E-state index is 0.752. The van der Waals surface area contributed by atoms with Gasteiger partial charge in [0.1, 0.15) is 11.4 Å². The lowest BCUT2D eigenvalue weighted by Crippen LogP contribution is -1.90. The fourth-order valence-corrected chi connectivity index (χ4v) is 3.16. The molecule has 0 fully saturated rings. The Balaban J connectivity index is 1.78. The van der Waals surface area contributed by atoms with Crippen molar-refractivity contribution in [1.29, 1.82) is 0 Å². The molecule has 4 nitrogen and oxygen atoms in total. The fraction of sp³-hybridized carbons (Fsp3) is 0.190. The van der Waals surface area contributed by atoms with Gasteiger partial charge in [-0.3, -0.25) is 0 Å². The van der Waals surface area contributed by atoms with E-state index in [1.54, 1.807) is 7.11 Å². The van der Waals surface area contributed by atoms with Crippen molar-refractivity contribution in [2.75, 3.05) is 7.11 Å². The smallest absolute Gasteiger partial charge is 0.167 e. The van der Waals surface area contributed by atoms with Crippen molar-refractivity contribution < 1.29 is 9.26 Å². The van der Waals surface area contributed by atoms with Gasteiger partial charge in [-0.1, -0.05) is 17.3 Å². The maximum Gasteiger partial charge on any atom is 0.167 e. The molecule has 2 heterocycles. The standard InChI is InChI=1S/C21H20N2O2/c1-4-23-13-18(17-10-5-14(2)11-20(17)23)19-12-21(25-22-19)15-6-8-16(24-3)9-7-15/h5-13H,4H2,1-3H3. The molecule has 25 heavy (non-hydrogen) atoms. The maximum atomic E-state index is 5.59. The summed E-state index contributed by atoms with van der Waals surface area (Å²) in [6.45, 7) is 5.18.